The smallest absolute Gasteiger partial charge is 0.309 e. The molecule has 0 unspecified atom stereocenters. The van der Waals surface area contributed by atoms with E-state index in [2.05, 4.69) is 16.4 Å². The van der Waals surface area contributed by atoms with E-state index in [1.807, 2.05) is 49.4 Å². The molecule has 144 valence electrons. The van der Waals surface area contributed by atoms with Crippen LogP contribution in [-0.2, 0) is 20.7 Å². The first kappa shape index (κ1) is 18.6. The third-order valence-electron chi connectivity index (χ3n) is 4.99. The third kappa shape index (κ3) is 4.22. The number of carbonyl (C=O) groups is 2. The van der Waals surface area contributed by atoms with Crippen molar-refractivity contribution in [3.63, 3.8) is 0 Å². The molecule has 2 aromatic carbocycles. The topological polar surface area (TPSA) is 68.3 Å². The number of ether oxygens (including phenoxy) is 1. The fraction of sp³-hybridized carbons (Fsp3) is 0.318. The van der Waals surface area contributed by atoms with Crippen LogP contribution in [0, 0.1) is 11.8 Å². The van der Waals surface area contributed by atoms with Gasteiger partial charge in [-0.05, 0) is 49.1 Å². The Morgan fingerprint density at radius 1 is 1.21 bits per heavy atom. The van der Waals surface area contributed by atoms with Crippen molar-refractivity contribution in [2.24, 2.45) is 11.8 Å². The van der Waals surface area contributed by atoms with E-state index in [0.717, 1.165) is 28.9 Å². The summed E-state index contributed by atoms with van der Waals surface area (Å²) in [5, 5.41) is 3.86. The van der Waals surface area contributed by atoms with Crippen molar-refractivity contribution in [2.45, 2.75) is 32.8 Å². The van der Waals surface area contributed by atoms with Crippen LogP contribution in [0.15, 0.2) is 48.5 Å². The normalized spacial score (nSPS) is 19.2. The monoisotopic (exact) mass is 394 g/mol. The molecule has 0 bridgehead atoms. The van der Waals surface area contributed by atoms with Gasteiger partial charge in [0.2, 0.25) is 0 Å². The number of anilines is 1. The van der Waals surface area contributed by atoms with Gasteiger partial charge in [0, 0.05) is 12.1 Å². The quantitative estimate of drug-likeness (QED) is 0.629. The maximum Gasteiger partial charge on any atom is 0.309 e. The van der Waals surface area contributed by atoms with E-state index in [-0.39, 0.29) is 17.8 Å². The molecular formula is C22H22N2O3S. The van der Waals surface area contributed by atoms with Gasteiger partial charge in [0.25, 0.3) is 5.91 Å². The Morgan fingerprint density at radius 2 is 1.93 bits per heavy atom. The van der Waals surface area contributed by atoms with E-state index >= 15 is 0 Å². The molecule has 1 fully saturated rings. The van der Waals surface area contributed by atoms with Gasteiger partial charge in [-0.3, -0.25) is 9.59 Å². The van der Waals surface area contributed by atoms with Gasteiger partial charge >= 0.3 is 5.97 Å². The van der Waals surface area contributed by atoms with Crippen LogP contribution in [-0.4, -0.2) is 23.0 Å². The Hall–Kier alpha value is -2.73. The zero-order valence-electron chi connectivity index (χ0n) is 15.8. The highest BCUT2D eigenvalue weighted by Crippen LogP contribution is 2.38. The maximum absolute atomic E-state index is 12.3. The zero-order chi connectivity index (χ0) is 19.7. The van der Waals surface area contributed by atoms with Gasteiger partial charge in [0.1, 0.15) is 0 Å². The molecule has 4 rings (SSSR count). The minimum atomic E-state index is -0.803. The molecule has 1 aromatic heterocycles. The van der Waals surface area contributed by atoms with Crippen molar-refractivity contribution in [1.29, 1.82) is 0 Å². The number of fused-ring (bicyclic) bond motifs is 1. The van der Waals surface area contributed by atoms with Crippen molar-refractivity contribution in [2.75, 3.05) is 5.32 Å². The average molecular weight is 394 g/mol. The van der Waals surface area contributed by atoms with E-state index in [1.165, 1.54) is 4.70 Å². The average Bonchev–Trinajstić information content (AvgIpc) is 3.27. The molecule has 1 saturated carbocycles. The molecule has 0 saturated heterocycles. The predicted molar refractivity (Wildman–Crippen MR) is 110 cm³/mol. The summed E-state index contributed by atoms with van der Waals surface area (Å²) in [5.74, 6) is -0.273. The molecule has 0 radical (unpaired) electrons. The first-order valence-electron chi connectivity index (χ1n) is 9.44. The Balaban J connectivity index is 1.33. The second-order valence-corrected chi connectivity index (χ2v) is 8.45. The number of amides is 1. The molecule has 3 atom stereocenters. The van der Waals surface area contributed by atoms with Crippen molar-refractivity contribution >= 4 is 39.1 Å². The number of thiazole rings is 1. The maximum atomic E-state index is 12.3. The number of carbonyl (C=O) groups excluding carboxylic acids is 2. The van der Waals surface area contributed by atoms with Crippen LogP contribution in [0.1, 0.15) is 30.8 Å². The van der Waals surface area contributed by atoms with Gasteiger partial charge in [-0.1, -0.05) is 31.2 Å². The van der Waals surface area contributed by atoms with Crippen molar-refractivity contribution < 1.29 is 14.3 Å². The molecule has 0 aliphatic heterocycles. The number of aromatic nitrogens is 1. The molecule has 28 heavy (non-hydrogen) atoms. The Bertz CT molecular complexity index is 979. The summed E-state index contributed by atoms with van der Waals surface area (Å²) in [4.78, 5) is 28.8. The van der Waals surface area contributed by atoms with Crippen LogP contribution in [0.2, 0.25) is 0 Å². The predicted octanol–water partition coefficient (Wildman–Crippen LogP) is 4.41. The first-order valence-corrected chi connectivity index (χ1v) is 10.3. The molecule has 1 amide bonds. The molecule has 1 N–H and O–H groups in total. The van der Waals surface area contributed by atoms with Gasteiger partial charge in [-0.15, -0.1) is 11.3 Å². The highest BCUT2D eigenvalue weighted by Gasteiger charge is 2.41. The van der Waals surface area contributed by atoms with Crippen molar-refractivity contribution in [3.05, 3.63) is 59.1 Å². The summed E-state index contributed by atoms with van der Waals surface area (Å²) in [7, 11) is 0. The number of hydrogen-bond donors (Lipinski definition) is 1. The van der Waals surface area contributed by atoms with Crippen molar-refractivity contribution in [3.8, 4) is 0 Å². The standard InChI is InChI=1S/C22H22N2O3S/c1-13-11-17(13)22(26)27-14(2)21(25)23-16-9-7-15(8-10-16)12-20-24-18-5-3-4-6-19(18)28-20/h3-10,13-14,17H,11-12H2,1-2H3,(H,23,25)/t13-,14+,17-/m1/s1. The number of nitrogens with one attached hydrogen (secondary N) is 1. The van der Waals surface area contributed by atoms with E-state index in [9.17, 15) is 9.59 Å². The molecule has 1 aliphatic rings. The fourth-order valence-corrected chi connectivity index (χ4v) is 4.09. The van der Waals surface area contributed by atoms with Crippen LogP contribution in [0.25, 0.3) is 10.2 Å². The summed E-state index contributed by atoms with van der Waals surface area (Å²) >= 11 is 1.69. The Kier molecular flexibility index (Phi) is 5.13. The molecule has 0 spiro atoms. The molecule has 3 aromatic rings. The van der Waals surface area contributed by atoms with E-state index in [4.69, 9.17) is 4.74 Å². The van der Waals surface area contributed by atoms with Gasteiger partial charge < -0.3 is 10.1 Å². The number of esters is 1. The van der Waals surface area contributed by atoms with Crippen LogP contribution in [0.3, 0.4) is 0 Å². The highest BCUT2D eigenvalue weighted by molar-refractivity contribution is 7.18. The number of nitrogens with zero attached hydrogens (tertiary/aromatic N) is 1. The lowest BCUT2D eigenvalue weighted by atomic mass is 10.1. The summed E-state index contributed by atoms with van der Waals surface area (Å²) in [5.41, 5.74) is 2.83. The first-order chi connectivity index (χ1) is 13.5. The van der Waals surface area contributed by atoms with Crippen LogP contribution in [0.5, 0.6) is 0 Å². The SMILES string of the molecule is C[C@H](OC(=O)[C@@H]1C[C@H]1C)C(=O)Nc1ccc(Cc2nc3ccccc3s2)cc1. The number of benzene rings is 2. The van der Waals surface area contributed by atoms with Crippen molar-refractivity contribution in [1.82, 2.24) is 4.98 Å². The zero-order valence-corrected chi connectivity index (χ0v) is 16.7. The highest BCUT2D eigenvalue weighted by atomic mass is 32.1. The van der Waals surface area contributed by atoms with E-state index in [0.29, 0.717) is 11.6 Å². The molecule has 1 heterocycles. The summed E-state index contributed by atoms with van der Waals surface area (Å²) in [6, 6.07) is 15.8. The molecule has 5 nitrogen and oxygen atoms in total. The largest absolute Gasteiger partial charge is 0.452 e. The van der Waals surface area contributed by atoms with Gasteiger partial charge in [0.15, 0.2) is 6.10 Å². The second-order valence-electron chi connectivity index (χ2n) is 7.34. The minimum absolute atomic E-state index is 0.0444. The van der Waals surface area contributed by atoms with Crippen LogP contribution < -0.4 is 5.32 Å². The molecular weight excluding hydrogens is 372 g/mol. The van der Waals surface area contributed by atoms with Gasteiger partial charge in [-0.2, -0.15) is 0 Å². The fourth-order valence-electron chi connectivity index (χ4n) is 3.09. The third-order valence-corrected chi connectivity index (χ3v) is 6.03. The second kappa shape index (κ2) is 7.72. The minimum Gasteiger partial charge on any atom is -0.452 e. The Morgan fingerprint density at radius 3 is 2.61 bits per heavy atom. The molecule has 6 heteroatoms. The lowest BCUT2D eigenvalue weighted by molar-refractivity contribution is -0.154. The van der Waals surface area contributed by atoms with Crippen LogP contribution >= 0.6 is 11.3 Å². The van der Waals surface area contributed by atoms with E-state index in [1.54, 1.807) is 18.3 Å². The number of para-hydroxylation sites is 1. The summed E-state index contributed by atoms with van der Waals surface area (Å²) in [6.07, 6.45) is 0.799. The summed E-state index contributed by atoms with van der Waals surface area (Å²) in [6.45, 7) is 3.61. The summed E-state index contributed by atoms with van der Waals surface area (Å²) < 4.78 is 6.44. The van der Waals surface area contributed by atoms with Crippen LogP contribution in [0.4, 0.5) is 5.69 Å². The number of hydrogen-bond acceptors (Lipinski definition) is 5. The van der Waals surface area contributed by atoms with Gasteiger partial charge in [-0.25, -0.2) is 4.98 Å². The lowest BCUT2D eigenvalue weighted by Gasteiger charge is -2.13. The molecule has 1 aliphatic carbocycles. The number of rotatable bonds is 6. The lowest BCUT2D eigenvalue weighted by Crippen LogP contribution is -2.30. The van der Waals surface area contributed by atoms with E-state index < -0.39 is 6.10 Å². The Labute approximate surface area is 167 Å². The van der Waals surface area contributed by atoms with Gasteiger partial charge in [0.05, 0.1) is 21.1 Å².